The molecular formula is C17H27N. The third kappa shape index (κ3) is 3.14. The lowest BCUT2D eigenvalue weighted by atomic mass is 9.83. The topological polar surface area (TPSA) is 26.0 Å². The largest absolute Gasteiger partial charge is 0.324 e. The van der Waals surface area contributed by atoms with Gasteiger partial charge in [-0.25, -0.2) is 0 Å². The van der Waals surface area contributed by atoms with Crippen LogP contribution in [0.1, 0.15) is 63.1 Å². The summed E-state index contributed by atoms with van der Waals surface area (Å²) in [5, 5.41) is 0. The van der Waals surface area contributed by atoms with Crippen molar-refractivity contribution in [3.05, 3.63) is 35.4 Å². The van der Waals surface area contributed by atoms with Crippen LogP contribution in [0.2, 0.25) is 0 Å². The van der Waals surface area contributed by atoms with Gasteiger partial charge in [-0.2, -0.15) is 0 Å². The molecule has 1 aliphatic rings. The maximum Gasteiger partial charge on any atom is 0.0326 e. The van der Waals surface area contributed by atoms with E-state index >= 15 is 0 Å². The minimum atomic E-state index is 0.253. The van der Waals surface area contributed by atoms with E-state index in [2.05, 4.69) is 38.1 Å². The lowest BCUT2D eigenvalue weighted by Gasteiger charge is -2.25. The van der Waals surface area contributed by atoms with E-state index in [9.17, 15) is 0 Å². The highest BCUT2D eigenvalue weighted by atomic mass is 14.7. The molecule has 3 atom stereocenters. The van der Waals surface area contributed by atoms with Crippen LogP contribution < -0.4 is 5.73 Å². The minimum absolute atomic E-state index is 0.253. The normalized spacial score (nSPS) is 25.3. The van der Waals surface area contributed by atoms with Gasteiger partial charge in [0, 0.05) is 6.04 Å². The molecule has 0 spiro atoms. The van der Waals surface area contributed by atoms with Crippen LogP contribution in [0.5, 0.6) is 0 Å². The van der Waals surface area contributed by atoms with Crippen LogP contribution in [0.3, 0.4) is 0 Å². The van der Waals surface area contributed by atoms with Gasteiger partial charge in [-0.05, 0) is 48.6 Å². The van der Waals surface area contributed by atoms with E-state index in [-0.39, 0.29) is 6.04 Å². The van der Waals surface area contributed by atoms with Crippen molar-refractivity contribution < 1.29 is 0 Å². The second-order valence-corrected chi connectivity index (χ2v) is 6.01. The zero-order chi connectivity index (χ0) is 13.0. The third-order valence-electron chi connectivity index (χ3n) is 4.43. The molecule has 2 rings (SSSR count). The van der Waals surface area contributed by atoms with Crippen LogP contribution in [0.4, 0.5) is 0 Å². The molecule has 18 heavy (non-hydrogen) atoms. The van der Waals surface area contributed by atoms with Crippen LogP contribution >= 0.6 is 0 Å². The lowest BCUT2D eigenvalue weighted by molar-refractivity contribution is 0.310. The Morgan fingerprint density at radius 3 is 2.89 bits per heavy atom. The molecule has 0 amide bonds. The Kier molecular flexibility index (Phi) is 4.82. The summed E-state index contributed by atoms with van der Waals surface area (Å²) >= 11 is 0. The number of hydrogen-bond donors (Lipinski definition) is 1. The van der Waals surface area contributed by atoms with Crippen LogP contribution in [0.25, 0.3) is 0 Å². The predicted molar refractivity (Wildman–Crippen MR) is 78.5 cm³/mol. The summed E-state index contributed by atoms with van der Waals surface area (Å²) in [6.45, 7) is 4.66. The van der Waals surface area contributed by atoms with Crippen molar-refractivity contribution in [2.24, 2.45) is 17.6 Å². The number of nitrogens with two attached hydrogens (primary N) is 1. The summed E-state index contributed by atoms with van der Waals surface area (Å²) in [6.07, 6.45) is 7.73. The van der Waals surface area contributed by atoms with Crippen LogP contribution in [-0.4, -0.2) is 0 Å². The van der Waals surface area contributed by atoms with Crippen molar-refractivity contribution in [2.75, 3.05) is 0 Å². The molecule has 0 saturated carbocycles. The second kappa shape index (κ2) is 6.38. The summed E-state index contributed by atoms with van der Waals surface area (Å²) in [5.74, 6) is 1.49. The van der Waals surface area contributed by atoms with Gasteiger partial charge in [-0.3, -0.25) is 0 Å². The standard InChI is InChI=1S/C17H27N/c1-3-7-13(2)12-15-10-6-9-14-8-4-5-11-16(14)17(15)18/h4-5,8,11,13,15,17H,3,6-7,9-10,12,18H2,1-2H3. The predicted octanol–water partition coefficient (Wildman–Crippen LogP) is 4.47. The van der Waals surface area contributed by atoms with E-state index in [1.54, 1.807) is 0 Å². The number of benzene rings is 1. The molecule has 0 aliphatic heterocycles. The summed E-state index contributed by atoms with van der Waals surface area (Å²) in [5.41, 5.74) is 9.42. The van der Waals surface area contributed by atoms with Crippen molar-refractivity contribution in [3.63, 3.8) is 0 Å². The Morgan fingerprint density at radius 1 is 1.33 bits per heavy atom. The number of aryl methyl sites for hydroxylation is 1. The highest BCUT2D eigenvalue weighted by Crippen LogP contribution is 2.35. The minimum Gasteiger partial charge on any atom is -0.324 e. The molecular weight excluding hydrogens is 218 g/mol. The molecule has 1 aromatic carbocycles. The van der Waals surface area contributed by atoms with Crippen molar-refractivity contribution in [1.82, 2.24) is 0 Å². The summed E-state index contributed by atoms with van der Waals surface area (Å²) in [4.78, 5) is 0. The van der Waals surface area contributed by atoms with Crippen molar-refractivity contribution in [1.29, 1.82) is 0 Å². The SMILES string of the molecule is CCCC(C)CC1CCCc2ccccc2C1N. The first-order valence-electron chi connectivity index (χ1n) is 7.55. The fourth-order valence-corrected chi connectivity index (χ4v) is 3.47. The van der Waals surface area contributed by atoms with Gasteiger partial charge < -0.3 is 5.73 Å². The van der Waals surface area contributed by atoms with Crippen LogP contribution in [0, 0.1) is 11.8 Å². The maximum absolute atomic E-state index is 6.54. The zero-order valence-corrected chi connectivity index (χ0v) is 11.9. The van der Waals surface area contributed by atoms with Crippen molar-refractivity contribution >= 4 is 0 Å². The molecule has 3 unspecified atom stereocenters. The molecule has 0 saturated heterocycles. The number of fused-ring (bicyclic) bond motifs is 1. The Balaban J connectivity index is 2.10. The quantitative estimate of drug-likeness (QED) is 0.778. The molecule has 1 aliphatic carbocycles. The van der Waals surface area contributed by atoms with Crippen molar-refractivity contribution in [3.8, 4) is 0 Å². The molecule has 1 heteroatoms. The monoisotopic (exact) mass is 245 g/mol. The van der Waals surface area contributed by atoms with Gasteiger partial charge in [0.15, 0.2) is 0 Å². The Labute approximate surface area is 112 Å². The maximum atomic E-state index is 6.54. The fourth-order valence-electron chi connectivity index (χ4n) is 3.47. The fraction of sp³-hybridized carbons (Fsp3) is 0.647. The van der Waals surface area contributed by atoms with Gasteiger partial charge in [0.05, 0.1) is 0 Å². The van der Waals surface area contributed by atoms with Gasteiger partial charge in [0.1, 0.15) is 0 Å². The average Bonchev–Trinajstić information content (AvgIpc) is 2.51. The molecule has 2 N–H and O–H groups in total. The van der Waals surface area contributed by atoms with E-state index in [0.29, 0.717) is 5.92 Å². The first kappa shape index (κ1) is 13.6. The summed E-state index contributed by atoms with van der Waals surface area (Å²) in [6, 6.07) is 9.03. The van der Waals surface area contributed by atoms with Gasteiger partial charge in [-0.1, -0.05) is 51.0 Å². The summed E-state index contributed by atoms with van der Waals surface area (Å²) in [7, 11) is 0. The Hall–Kier alpha value is -0.820. The summed E-state index contributed by atoms with van der Waals surface area (Å²) < 4.78 is 0. The molecule has 0 aromatic heterocycles. The smallest absolute Gasteiger partial charge is 0.0326 e. The molecule has 0 bridgehead atoms. The highest BCUT2D eigenvalue weighted by molar-refractivity contribution is 5.31. The second-order valence-electron chi connectivity index (χ2n) is 6.01. The van der Waals surface area contributed by atoms with Crippen molar-refractivity contribution in [2.45, 2.75) is 58.4 Å². The first-order valence-corrected chi connectivity index (χ1v) is 7.55. The van der Waals surface area contributed by atoms with Gasteiger partial charge in [0.2, 0.25) is 0 Å². The van der Waals surface area contributed by atoms with E-state index in [4.69, 9.17) is 5.73 Å². The van der Waals surface area contributed by atoms with Gasteiger partial charge in [0.25, 0.3) is 0 Å². The molecule has 0 fully saturated rings. The van der Waals surface area contributed by atoms with Crippen LogP contribution in [-0.2, 0) is 6.42 Å². The van der Waals surface area contributed by atoms with Crippen LogP contribution in [0.15, 0.2) is 24.3 Å². The molecule has 100 valence electrons. The Morgan fingerprint density at radius 2 is 2.11 bits per heavy atom. The number of hydrogen-bond acceptors (Lipinski definition) is 1. The third-order valence-corrected chi connectivity index (χ3v) is 4.43. The van der Waals surface area contributed by atoms with E-state index in [1.807, 2.05) is 0 Å². The highest BCUT2D eigenvalue weighted by Gasteiger charge is 2.25. The van der Waals surface area contributed by atoms with Gasteiger partial charge >= 0.3 is 0 Å². The average molecular weight is 245 g/mol. The molecule has 0 radical (unpaired) electrons. The molecule has 1 nitrogen and oxygen atoms in total. The Bertz CT molecular complexity index is 372. The lowest BCUT2D eigenvalue weighted by Crippen LogP contribution is -2.22. The van der Waals surface area contributed by atoms with Gasteiger partial charge in [-0.15, -0.1) is 0 Å². The molecule has 1 aromatic rings. The van der Waals surface area contributed by atoms with E-state index < -0.39 is 0 Å². The molecule has 0 heterocycles. The zero-order valence-electron chi connectivity index (χ0n) is 11.9. The van der Waals surface area contributed by atoms with E-state index in [0.717, 1.165) is 5.92 Å². The number of rotatable bonds is 4. The first-order chi connectivity index (χ1) is 8.72. The van der Waals surface area contributed by atoms with E-state index in [1.165, 1.54) is 49.7 Å².